The van der Waals surface area contributed by atoms with E-state index in [1.54, 1.807) is 14.2 Å². The van der Waals surface area contributed by atoms with Crippen molar-refractivity contribution >= 4 is 11.8 Å². The van der Waals surface area contributed by atoms with Gasteiger partial charge in [0, 0.05) is 46.4 Å². The van der Waals surface area contributed by atoms with Crippen molar-refractivity contribution in [2.75, 3.05) is 66.6 Å². The molecule has 190 valence electrons. The monoisotopic (exact) mass is 484 g/mol. The van der Waals surface area contributed by atoms with Gasteiger partial charge in [-0.05, 0) is 23.3 Å². The van der Waals surface area contributed by atoms with Crippen molar-refractivity contribution in [3.05, 3.63) is 59.7 Å². The molecule has 0 saturated carbocycles. The molecule has 3 rings (SSSR count). The number of rotatable bonds is 13. The lowest BCUT2D eigenvalue weighted by Gasteiger charge is -2.33. The minimum atomic E-state index is -0.0286. The number of nitrogens with zero attached hydrogens (tertiary/aromatic N) is 2. The molecule has 0 bridgehead atoms. The fraction of sp³-hybridized carbons (Fsp3) is 0.462. The largest absolute Gasteiger partial charge is 0.493 e. The Morgan fingerprint density at radius 2 is 1.49 bits per heavy atom. The fourth-order valence-electron chi connectivity index (χ4n) is 3.79. The van der Waals surface area contributed by atoms with Gasteiger partial charge in [0.05, 0.1) is 26.8 Å². The minimum Gasteiger partial charge on any atom is -0.493 e. The molecule has 2 aromatic carbocycles. The highest BCUT2D eigenvalue weighted by Crippen LogP contribution is 2.28. The zero-order chi connectivity index (χ0) is 24.9. The van der Waals surface area contributed by atoms with E-state index in [4.69, 9.17) is 14.2 Å². The summed E-state index contributed by atoms with van der Waals surface area (Å²) in [4.78, 5) is 28.6. The van der Waals surface area contributed by atoms with Crippen molar-refractivity contribution in [2.45, 2.75) is 13.2 Å². The number of carbonyl (C=O) groups excluding carboxylic acids is 2. The van der Waals surface area contributed by atoms with Gasteiger partial charge in [0.15, 0.2) is 11.5 Å². The van der Waals surface area contributed by atoms with Gasteiger partial charge < -0.3 is 24.8 Å². The van der Waals surface area contributed by atoms with Crippen molar-refractivity contribution in [2.24, 2.45) is 0 Å². The molecule has 1 aliphatic heterocycles. The van der Waals surface area contributed by atoms with E-state index in [2.05, 4.69) is 20.4 Å². The average molecular weight is 485 g/mol. The summed E-state index contributed by atoms with van der Waals surface area (Å²) >= 11 is 0. The normalized spacial score (nSPS) is 14.3. The number of amides is 2. The van der Waals surface area contributed by atoms with Crippen molar-refractivity contribution in [3.63, 3.8) is 0 Å². The Labute approximate surface area is 207 Å². The Balaban J connectivity index is 1.37. The van der Waals surface area contributed by atoms with Gasteiger partial charge in [0.25, 0.3) is 0 Å². The summed E-state index contributed by atoms with van der Waals surface area (Å²) < 4.78 is 16.3. The molecule has 2 N–H and O–H groups in total. The second kappa shape index (κ2) is 14.3. The molecule has 1 fully saturated rings. The van der Waals surface area contributed by atoms with Gasteiger partial charge in [-0.3, -0.25) is 19.4 Å². The molecule has 2 amide bonds. The van der Waals surface area contributed by atoms with E-state index in [-0.39, 0.29) is 11.8 Å². The van der Waals surface area contributed by atoms with Crippen LogP contribution in [-0.4, -0.2) is 88.3 Å². The molecule has 0 unspecified atom stereocenters. The van der Waals surface area contributed by atoms with Crippen LogP contribution >= 0.6 is 0 Å². The third kappa shape index (κ3) is 9.20. The number of ether oxygens (including phenoxy) is 3. The van der Waals surface area contributed by atoms with E-state index in [0.717, 1.165) is 37.3 Å². The quantitative estimate of drug-likeness (QED) is 0.414. The SMILES string of the molecule is COCCNC(=O)CN1CCN(CC(=O)NCc2ccc(OCc3ccccc3)c(OC)c2)CC1. The van der Waals surface area contributed by atoms with Crippen LogP contribution in [0.1, 0.15) is 11.1 Å². The first kappa shape index (κ1) is 26.5. The average Bonchev–Trinajstić information content (AvgIpc) is 2.88. The molecule has 0 aromatic heterocycles. The van der Waals surface area contributed by atoms with Gasteiger partial charge in [-0.2, -0.15) is 0 Å². The highest BCUT2D eigenvalue weighted by molar-refractivity contribution is 5.78. The number of benzene rings is 2. The van der Waals surface area contributed by atoms with Gasteiger partial charge >= 0.3 is 0 Å². The van der Waals surface area contributed by atoms with E-state index in [9.17, 15) is 9.59 Å². The number of methoxy groups -OCH3 is 2. The number of hydrogen-bond donors (Lipinski definition) is 2. The van der Waals surface area contributed by atoms with Crippen LogP contribution in [0.3, 0.4) is 0 Å². The first-order valence-corrected chi connectivity index (χ1v) is 11.9. The highest BCUT2D eigenvalue weighted by atomic mass is 16.5. The lowest BCUT2D eigenvalue weighted by Crippen LogP contribution is -2.51. The summed E-state index contributed by atoms with van der Waals surface area (Å²) in [5.41, 5.74) is 2.02. The van der Waals surface area contributed by atoms with Crippen molar-refractivity contribution in [1.82, 2.24) is 20.4 Å². The van der Waals surface area contributed by atoms with Crippen LogP contribution in [0, 0.1) is 0 Å². The molecular weight excluding hydrogens is 448 g/mol. The Bertz CT molecular complexity index is 933. The van der Waals surface area contributed by atoms with Crippen LogP contribution in [-0.2, 0) is 27.5 Å². The Morgan fingerprint density at radius 3 is 2.11 bits per heavy atom. The third-order valence-corrected chi connectivity index (χ3v) is 5.78. The number of piperazine rings is 1. The minimum absolute atomic E-state index is 0.000144. The standard InChI is InChI=1S/C26H36N4O5/c1-33-15-10-27-25(31)18-29-11-13-30(14-12-29)19-26(32)28-17-22-8-9-23(24(16-22)34-2)35-20-21-6-4-3-5-7-21/h3-9,16H,10-15,17-20H2,1-2H3,(H,27,31)(H,28,32). The summed E-state index contributed by atoms with van der Waals surface area (Å²) in [7, 11) is 3.22. The molecule has 2 aromatic rings. The maximum Gasteiger partial charge on any atom is 0.234 e. The fourth-order valence-corrected chi connectivity index (χ4v) is 3.79. The summed E-state index contributed by atoms with van der Waals surface area (Å²) in [6.07, 6.45) is 0. The van der Waals surface area contributed by atoms with Crippen LogP contribution in [0.5, 0.6) is 11.5 Å². The van der Waals surface area contributed by atoms with E-state index >= 15 is 0 Å². The number of nitrogens with one attached hydrogen (secondary N) is 2. The molecule has 1 saturated heterocycles. The maximum absolute atomic E-state index is 12.5. The summed E-state index contributed by atoms with van der Waals surface area (Å²) in [6.45, 7) is 5.62. The van der Waals surface area contributed by atoms with Crippen molar-refractivity contribution in [3.8, 4) is 11.5 Å². The Kier molecular flexibility index (Phi) is 10.8. The van der Waals surface area contributed by atoms with Gasteiger partial charge in [-0.1, -0.05) is 36.4 Å². The van der Waals surface area contributed by atoms with Gasteiger partial charge in [-0.15, -0.1) is 0 Å². The second-order valence-electron chi connectivity index (χ2n) is 8.43. The lowest BCUT2D eigenvalue weighted by molar-refractivity contribution is -0.125. The first-order valence-electron chi connectivity index (χ1n) is 11.9. The van der Waals surface area contributed by atoms with Gasteiger partial charge in [0.2, 0.25) is 11.8 Å². The van der Waals surface area contributed by atoms with E-state index in [1.165, 1.54) is 0 Å². The predicted molar refractivity (Wildman–Crippen MR) is 133 cm³/mol. The molecule has 0 spiro atoms. The predicted octanol–water partition coefficient (Wildman–Crippen LogP) is 1.27. The molecule has 0 atom stereocenters. The van der Waals surface area contributed by atoms with Crippen LogP contribution in [0.2, 0.25) is 0 Å². The van der Waals surface area contributed by atoms with E-state index in [1.807, 2.05) is 48.5 Å². The van der Waals surface area contributed by atoms with Gasteiger partial charge in [-0.25, -0.2) is 0 Å². The number of carbonyl (C=O) groups is 2. The summed E-state index contributed by atoms with van der Waals surface area (Å²) in [6, 6.07) is 15.6. The molecule has 0 aliphatic carbocycles. The van der Waals surface area contributed by atoms with Crippen LogP contribution < -0.4 is 20.1 Å². The molecule has 1 aliphatic rings. The van der Waals surface area contributed by atoms with Crippen molar-refractivity contribution < 1.29 is 23.8 Å². The maximum atomic E-state index is 12.5. The Morgan fingerprint density at radius 1 is 0.829 bits per heavy atom. The first-order chi connectivity index (χ1) is 17.1. The third-order valence-electron chi connectivity index (χ3n) is 5.78. The molecule has 9 heteroatoms. The summed E-state index contributed by atoms with van der Waals surface area (Å²) in [5, 5.41) is 5.81. The smallest absolute Gasteiger partial charge is 0.234 e. The Hall–Kier alpha value is -3.14. The summed E-state index contributed by atoms with van der Waals surface area (Å²) in [5.74, 6) is 1.27. The lowest BCUT2D eigenvalue weighted by atomic mass is 10.2. The van der Waals surface area contributed by atoms with Crippen LogP contribution in [0.25, 0.3) is 0 Å². The molecule has 9 nitrogen and oxygen atoms in total. The zero-order valence-electron chi connectivity index (χ0n) is 20.6. The van der Waals surface area contributed by atoms with Crippen LogP contribution in [0.15, 0.2) is 48.5 Å². The van der Waals surface area contributed by atoms with Crippen LogP contribution in [0.4, 0.5) is 0 Å². The topological polar surface area (TPSA) is 92.4 Å². The zero-order valence-corrected chi connectivity index (χ0v) is 20.6. The van der Waals surface area contributed by atoms with E-state index < -0.39 is 0 Å². The van der Waals surface area contributed by atoms with Crippen molar-refractivity contribution in [1.29, 1.82) is 0 Å². The van der Waals surface area contributed by atoms with E-state index in [0.29, 0.717) is 50.9 Å². The molecular formula is C26H36N4O5. The highest BCUT2D eigenvalue weighted by Gasteiger charge is 2.20. The molecule has 35 heavy (non-hydrogen) atoms. The van der Waals surface area contributed by atoms with Gasteiger partial charge in [0.1, 0.15) is 6.61 Å². The number of hydrogen-bond acceptors (Lipinski definition) is 7. The molecule has 0 radical (unpaired) electrons. The molecule has 1 heterocycles. The second-order valence-corrected chi connectivity index (χ2v) is 8.43.